The van der Waals surface area contributed by atoms with Gasteiger partial charge in [-0.3, -0.25) is 4.79 Å². The number of carbonyl (C=O) groups is 1. The molecule has 0 atom stereocenters. The van der Waals surface area contributed by atoms with Crippen molar-refractivity contribution < 1.29 is 13.9 Å². The van der Waals surface area contributed by atoms with Gasteiger partial charge in [0.2, 0.25) is 5.69 Å². The minimum atomic E-state index is -0.535. The molecule has 0 fully saturated rings. The first-order valence-electron chi connectivity index (χ1n) is 6.83. The number of ketones is 1. The Hall–Kier alpha value is -3.01. The molecule has 4 heteroatoms. The van der Waals surface area contributed by atoms with Gasteiger partial charge in [0.25, 0.3) is 11.5 Å². The fourth-order valence-electron chi connectivity index (χ4n) is 2.79. The lowest BCUT2D eigenvalue weighted by atomic mass is 10.00. The van der Waals surface area contributed by atoms with E-state index in [9.17, 15) is 14.4 Å². The maximum Gasteiger partial charge on any atom is 0.272 e. The van der Waals surface area contributed by atoms with Gasteiger partial charge in [-0.15, -0.1) is 0 Å². The third-order valence-corrected chi connectivity index (χ3v) is 3.86. The lowest BCUT2D eigenvalue weighted by Gasteiger charge is -2.03. The number of hydrogen-bond donors (Lipinski definition) is 0. The molecule has 0 aliphatic carbocycles. The number of Topliss-reactive ketones (excluding diaryl/α,β-unsaturated/α-hetero) is 1. The third-order valence-electron chi connectivity index (χ3n) is 3.86. The molecule has 1 aliphatic heterocycles. The summed E-state index contributed by atoms with van der Waals surface area (Å²) in [6, 6.07) is 16.7. The van der Waals surface area contributed by atoms with Gasteiger partial charge in [-0.1, -0.05) is 30.3 Å². The van der Waals surface area contributed by atoms with E-state index in [1.54, 1.807) is 12.1 Å². The summed E-state index contributed by atoms with van der Waals surface area (Å²) in [5, 5.41) is 14.4. The van der Waals surface area contributed by atoms with Crippen LogP contribution >= 0.6 is 0 Å². The molecule has 3 aromatic carbocycles. The van der Waals surface area contributed by atoms with Crippen LogP contribution in [0.3, 0.4) is 0 Å². The van der Waals surface area contributed by atoms with Gasteiger partial charge in [0.1, 0.15) is 11.4 Å². The van der Waals surface area contributed by atoms with Gasteiger partial charge in [-0.05, 0) is 35.0 Å². The SMILES string of the molecule is O=C1C(c2ccc3ccccc3c2)=[N+]([O-])c2cc(F)ccc21. The van der Waals surface area contributed by atoms with Crippen LogP contribution in [0.4, 0.5) is 10.1 Å². The summed E-state index contributed by atoms with van der Waals surface area (Å²) in [4.78, 5) is 12.5. The van der Waals surface area contributed by atoms with Crippen LogP contribution in [-0.2, 0) is 0 Å². The Bertz CT molecular complexity index is 976. The second-order valence-corrected chi connectivity index (χ2v) is 5.20. The molecular formula is C18H10FNO2. The van der Waals surface area contributed by atoms with Crippen molar-refractivity contribution in [1.29, 1.82) is 0 Å². The molecule has 4 rings (SSSR count). The highest BCUT2D eigenvalue weighted by Crippen LogP contribution is 2.29. The predicted octanol–water partition coefficient (Wildman–Crippen LogP) is 3.81. The lowest BCUT2D eigenvalue weighted by molar-refractivity contribution is -0.355. The summed E-state index contributed by atoms with van der Waals surface area (Å²) in [5.41, 5.74) is 0.870. The number of halogens is 1. The van der Waals surface area contributed by atoms with Crippen LogP contribution in [0.5, 0.6) is 0 Å². The number of nitrogens with zero attached hydrogens (tertiary/aromatic N) is 1. The van der Waals surface area contributed by atoms with Crippen LogP contribution in [-0.4, -0.2) is 16.2 Å². The fraction of sp³-hybridized carbons (Fsp3) is 0. The average molecular weight is 291 g/mol. The van der Waals surface area contributed by atoms with E-state index in [0.29, 0.717) is 10.3 Å². The average Bonchev–Trinajstić information content (AvgIpc) is 2.78. The van der Waals surface area contributed by atoms with E-state index in [1.807, 2.05) is 30.3 Å². The van der Waals surface area contributed by atoms with E-state index >= 15 is 0 Å². The smallest absolute Gasteiger partial charge is 0.272 e. The maximum absolute atomic E-state index is 13.3. The zero-order valence-corrected chi connectivity index (χ0v) is 11.4. The molecule has 0 unspecified atom stereocenters. The van der Waals surface area contributed by atoms with E-state index in [4.69, 9.17) is 0 Å². The molecule has 0 spiro atoms. The van der Waals surface area contributed by atoms with Crippen molar-refractivity contribution in [3.8, 4) is 0 Å². The Morgan fingerprint density at radius 3 is 2.50 bits per heavy atom. The van der Waals surface area contributed by atoms with Crippen molar-refractivity contribution >= 4 is 28.0 Å². The Kier molecular flexibility index (Phi) is 2.60. The minimum absolute atomic E-state index is 0.0337. The van der Waals surface area contributed by atoms with Crippen molar-refractivity contribution in [1.82, 2.24) is 0 Å². The number of fused-ring (bicyclic) bond motifs is 2. The van der Waals surface area contributed by atoms with E-state index < -0.39 is 5.82 Å². The summed E-state index contributed by atoms with van der Waals surface area (Å²) in [6.45, 7) is 0. The fourth-order valence-corrected chi connectivity index (χ4v) is 2.79. The lowest BCUT2D eigenvalue weighted by Crippen LogP contribution is -2.16. The van der Waals surface area contributed by atoms with Crippen LogP contribution < -0.4 is 0 Å². The molecule has 0 amide bonds. The molecule has 0 bridgehead atoms. The first-order chi connectivity index (χ1) is 10.6. The molecule has 0 radical (unpaired) electrons. The van der Waals surface area contributed by atoms with Gasteiger partial charge in [-0.25, -0.2) is 4.39 Å². The summed E-state index contributed by atoms with van der Waals surface area (Å²) >= 11 is 0. The van der Waals surface area contributed by atoms with Crippen molar-refractivity contribution in [2.45, 2.75) is 0 Å². The second-order valence-electron chi connectivity index (χ2n) is 5.20. The Morgan fingerprint density at radius 2 is 1.68 bits per heavy atom. The van der Waals surface area contributed by atoms with Crippen molar-refractivity contribution in [2.75, 3.05) is 0 Å². The summed E-state index contributed by atoms with van der Waals surface area (Å²) in [6.07, 6.45) is 0. The Labute approximate surface area is 125 Å². The number of hydrogen-bond acceptors (Lipinski definition) is 2. The van der Waals surface area contributed by atoms with Crippen molar-refractivity contribution in [3.05, 3.63) is 82.8 Å². The maximum atomic E-state index is 13.3. The van der Waals surface area contributed by atoms with Gasteiger partial charge in [0.15, 0.2) is 0 Å². The van der Waals surface area contributed by atoms with Gasteiger partial charge in [-0.2, -0.15) is 4.74 Å². The second kappa shape index (κ2) is 4.49. The van der Waals surface area contributed by atoms with Crippen molar-refractivity contribution in [3.63, 3.8) is 0 Å². The molecule has 106 valence electrons. The molecule has 1 heterocycles. The molecule has 0 saturated heterocycles. The molecule has 0 aromatic heterocycles. The van der Waals surface area contributed by atoms with E-state index in [-0.39, 0.29) is 22.7 Å². The number of rotatable bonds is 1. The molecule has 0 saturated carbocycles. The number of carbonyl (C=O) groups excluding carboxylic acids is 1. The normalized spacial score (nSPS) is 13.8. The Balaban J connectivity index is 1.93. The van der Waals surface area contributed by atoms with Crippen LogP contribution in [0.25, 0.3) is 10.8 Å². The van der Waals surface area contributed by atoms with Crippen LogP contribution in [0.2, 0.25) is 0 Å². The number of benzene rings is 3. The van der Waals surface area contributed by atoms with Gasteiger partial charge >= 0.3 is 0 Å². The molecular weight excluding hydrogens is 281 g/mol. The molecule has 22 heavy (non-hydrogen) atoms. The summed E-state index contributed by atoms with van der Waals surface area (Å²) in [7, 11) is 0. The first-order valence-corrected chi connectivity index (χ1v) is 6.83. The topological polar surface area (TPSA) is 43.1 Å². The Morgan fingerprint density at radius 1 is 0.909 bits per heavy atom. The zero-order chi connectivity index (χ0) is 15.3. The van der Waals surface area contributed by atoms with E-state index in [1.165, 1.54) is 12.1 Å². The molecule has 1 aliphatic rings. The van der Waals surface area contributed by atoms with Gasteiger partial charge in [0.05, 0.1) is 5.56 Å². The molecule has 3 nitrogen and oxygen atoms in total. The summed E-state index contributed by atoms with van der Waals surface area (Å²) in [5.74, 6) is -0.910. The van der Waals surface area contributed by atoms with Crippen LogP contribution in [0, 0.1) is 11.0 Å². The highest BCUT2D eigenvalue weighted by atomic mass is 19.1. The van der Waals surface area contributed by atoms with Crippen LogP contribution in [0.1, 0.15) is 15.9 Å². The highest BCUT2D eigenvalue weighted by molar-refractivity contribution is 6.52. The predicted molar refractivity (Wildman–Crippen MR) is 82.1 cm³/mol. The summed E-state index contributed by atoms with van der Waals surface area (Å²) < 4.78 is 13.8. The van der Waals surface area contributed by atoms with Crippen LogP contribution in [0.15, 0.2) is 60.7 Å². The molecule has 3 aromatic rings. The monoisotopic (exact) mass is 291 g/mol. The third kappa shape index (κ3) is 1.74. The zero-order valence-electron chi connectivity index (χ0n) is 11.4. The first kappa shape index (κ1) is 12.7. The van der Waals surface area contributed by atoms with E-state index in [2.05, 4.69) is 0 Å². The van der Waals surface area contributed by atoms with Gasteiger partial charge in [0, 0.05) is 6.07 Å². The molecule has 0 N–H and O–H groups in total. The largest absolute Gasteiger partial charge is 0.618 e. The minimum Gasteiger partial charge on any atom is -0.618 e. The van der Waals surface area contributed by atoms with E-state index in [0.717, 1.165) is 16.8 Å². The quantitative estimate of drug-likeness (QED) is 0.505. The van der Waals surface area contributed by atoms with Gasteiger partial charge < -0.3 is 5.21 Å². The highest BCUT2D eigenvalue weighted by Gasteiger charge is 2.36. The standard InChI is InChI=1S/C18H10FNO2/c19-14-7-8-15-16(10-14)20(22)17(18(15)21)13-6-5-11-3-1-2-4-12(11)9-13/h1-10H. The van der Waals surface area contributed by atoms with Crippen molar-refractivity contribution in [2.24, 2.45) is 0 Å².